The van der Waals surface area contributed by atoms with Gasteiger partial charge >= 0.3 is 5.97 Å². The van der Waals surface area contributed by atoms with Crippen LogP contribution in [0.1, 0.15) is 20.7 Å². The fourth-order valence-electron chi connectivity index (χ4n) is 1.55. The molecule has 1 aromatic carbocycles. The van der Waals surface area contributed by atoms with Gasteiger partial charge in [-0.05, 0) is 18.2 Å². The van der Waals surface area contributed by atoms with Gasteiger partial charge in [0.15, 0.2) is 0 Å². The van der Waals surface area contributed by atoms with Gasteiger partial charge in [-0.15, -0.1) is 0 Å². The van der Waals surface area contributed by atoms with Crippen molar-refractivity contribution in [3.05, 3.63) is 58.4 Å². The first-order chi connectivity index (χ1) is 9.88. The molecule has 5 nitrogen and oxygen atoms in total. The number of aromatic carboxylic acids is 1. The van der Waals surface area contributed by atoms with Gasteiger partial charge in [0.05, 0.1) is 11.3 Å². The largest absolute Gasteiger partial charge is 0.478 e. The summed E-state index contributed by atoms with van der Waals surface area (Å²) in [7, 11) is 0. The zero-order valence-corrected chi connectivity index (χ0v) is 11.0. The van der Waals surface area contributed by atoms with Gasteiger partial charge in [0.1, 0.15) is 16.8 Å². The zero-order valence-electron chi connectivity index (χ0n) is 10.2. The van der Waals surface area contributed by atoms with Crippen molar-refractivity contribution >= 4 is 29.2 Å². The second-order valence-corrected chi connectivity index (χ2v) is 4.33. The molecule has 8 heteroatoms. The van der Waals surface area contributed by atoms with E-state index >= 15 is 0 Å². The van der Waals surface area contributed by atoms with Crippen LogP contribution in [0.25, 0.3) is 0 Å². The highest BCUT2D eigenvalue weighted by atomic mass is 35.5. The van der Waals surface area contributed by atoms with E-state index in [-0.39, 0.29) is 10.7 Å². The summed E-state index contributed by atoms with van der Waals surface area (Å²) in [6.45, 7) is 0. The normalized spacial score (nSPS) is 10.2. The molecule has 0 radical (unpaired) electrons. The number of anilines is 1. The van der Waals surface area contributed by atoms with Crippen molar-refractivity contribution in [2.24, 2.45) is 0 Å². The Morgan fingerprint density at radius 1 is 1.19 bits per heavy atom. The van der Waals surface area contributed by atoms with Crippen LogP contribution in [0.3, 0.4) is 0 Å². The van der Waals surface area contributed by atoms with E-state index in [4.69, 9.17) is 16.7 Å². The van der Waals surface area contributed by atoms with Crippen LogP contribution in [0.15, 0.2) is 30.5 Å². The van der Waals surface area contributed by atoms with Crippen molar-refractivity contribution in [3.8, 4) is 0 Å². The number of benzene rings is 1. The van der Waals surface area contributed by atoms with Crippen LogP contribution in [-0.2, 0) is 0 Å². The van der Waals surface area contributed by atoms with E-state index in [9.17, 15) is 18.4 Å². The van der Waals surface area contributed by atoms with E-state index in [0.717, 1.165) is 0 Å². The van der Waals surface area contributed by atoms with Crippen LogP contribution in [0.2, 0.25) is 5.15 Å². The predicted octanol–water partition coefficient (Wildman–Crippen LogP) is 2.96. The maximum Gasteiger partial charge on any atom is 0.338 e. The number of pyridine rings is 1. The lowest BCUT2D eigenvalue weighted by molar-refractivity contribution is 0.0691. The lowest BCUT2D eigenvalue weighted by Crippen LogP contribution is -2.14. The average molecular weight is 313 g/mol. The number of carbonyl (C=O) groups is 2. The fourth-order valence-corrected chi connectivity index (χ4v) is 1.72. The number of rotatable bonds is 3. The molecule has 0 aliphatic carbocycles. The minimum Gasteiger partial charge on any atom is -0.478 e. The molecule has 0 aliphatic heterocycles. The van der Waals surface area contributed by atoms with Crippen molar-refractivity contribution < 1.29 is 23.5 Å². The highest BCUT2D eigenvalue weighted by Crippen LogP contribution is 2.20. The number of nitrogens with zero attached hydrogens (tertiary/aromatic N) is 1. The van der Waals surface area contributed by atoms with Gasteiger partial charge in [-0.25, -0.2) is 18.6 Å². The number of halogens is 3. The number of carboxylic acid groups (broad SMARTS) is 1. The second-order valence-electron chi connectivity index (χ2n) is 3.94. The topological polar surface area (TPSA) is 79.3 Å². The summed E-state index contributed by atoms with van der Waals surface area (Å²) in [6.07, 6.45) is 1.28. The molecule has 0 spiro atoms. The SMILES string of the molecule is O=C(Nc1cc(C(=O)O)c(F)cc1F)c1ccnc(Cl)c1. The minimum atomic E-state index is -1.57. The number of nitrogens with one attached hydrogen (secondary N) is 1. The standard InChI is InChI=1S/C13H7ClF2N2O3/c14-11-3-6(1-2-17-11)12(19)18-10-4-7(13(20)21)8(15)5-9(10)16/h1-5H,(H,18,19)(H,20,21). The van der Waals surface area contributed by atoms with Gasteiger partial charge < -0.3 is 10.4 Å². The molecule has 0 bridgehead atoms. The lowest BCUT2D eigenvalue weighted by atomic mass is 10.1. The molecule has 0 fully saturated rings. The van der Waals surface area contributed by atoms with E-state index in [1.165, 1.54) is 18.3 Å². The summed E-state index contributed by atoms with van der Waals surface area (Å²) >= 11 is 5.62. The molecule has 2 aromatic rings. The molecule has 0 unspecified atom stereocenters. The Morgan fingerprint density at radius 3 is 2.52 bits per heavy atom. The Morgan fingerprint density at radius 2 is 1.90 bits per heavy atom. The molecular weight excluding hydrogens is 306 g/mol. The Hall–Kier alpha value is -2.54. The Bertz CT molecular complexity index is 737. The summed E-state index contributed by atoms with van der Waals surface area (Å²) < 4.78 is 26.8. The van der Waals surface area contributed by atoms with Gasteiger partial charge in [-0.1, -0.05) is 11.6 Å². The first kappa shape index (κ1) is 14.9. The molecule has 108 valence electrons. The molecule has 0 aliphatic rings. The molecule has 0 saturated carbocycles. The van der Waals surface area contributed by atoms with Gasteiger partial charge in [0, 0.05) is 17.8 Å². The van der Waals surface area contributed by atoms with Crippen LogP contribution in [0, 0.1) is 11.6 Å². The smallest absolute Gasteiger partial charge is 0.338 e. The number of hydrogen-bond acceptors (Lipinski definition) is 3. The van der Waals surface area contributed by atoms with Crippen molar-refractivity contribution in [3.63, 3.8) is 0 Å². The third-order valence-electron chi connectivity index (χ3n) is 2.52. The first-order valence-electron chi connectivity index (χ1n) is 5.53. The van der Waals surface area contributed by atoms with E-state index < -0.39 is 34.8 Å². The second kappa shape index (κ2) is 5.84. The molecule has 21 heavy (non-hydrogen) atoms. The maximum absolute atomic E-state index is 13.6. The van der Waals surface area contributed by atoms with Crippen LogP contribution >= 0.6 is 11.6 Å². The first-order valence-corrected chi connectivity index (χ1v) is 5.91. The van der Waals surface area contributed by atoms with Gasteiger partial charge in [-0.2, -0.15) is 0 Å². The number of carboxylic acids is 1. The molecule has 0 atom stereocenters. The Labute approximate surface area is 122 Å². The third kappa shape index (κ3) is 3.32. The van der Waals surface area contributed by atoms with Gasteiger partial charge in [-0.3, -0.25) is 4.79 Å². The number of amides is 1. The van der Waals surface area contributed by atoms with Crippen LogP contribution in [-0.4, -0.2) is 22.0 Å². The van der Waals surface area contributed by atoms with Gasteiger partial charge in [0.25, 0.3) is 5.91 Å². The highest BCUT2D eigenvalue weighted by molar-refractivity contribution is 6.29. The molecular formula is C13H7ClF2N2O3. The molecule has 1 amide bonds. The average Bonchev–Trinajstić information content (AvgIpc) is 2.41. The van der Waals surface area contributed by atoms with E-state index in [2.05, 4.69) is 10.3 Å². The monoisotopic (exact) mass is 312 g/mol. The van der Waals surface area contributed by atoms with Crippen molar-refractivity contribution in [2.45, 2.75) is 0 Å². The maximum atomic E-state index is 13.6. The van der Waals surface area contributed by atoms with Crippen molar-refractivity contribution in [1.29, 1.82) is 0 Å². The van der Waals surface area contributed by atoms with Gasteiger partial charge in [0.2, 0.25) is 0 Å². The van der Waals surface area contributed by atoms with E-state index in [0.29, 0.717) is 12.1 Å². The number of carbonyl (C=O) groups excluding carboxylic acids is 1. The summed E-state index contributed by atoms with van der Waals surface area (Å²) in [5.41, 5.74) is -1.11. The summed E-state index contributed by atoms with van der Waals surface area (Å²) in [5, 5.41) is 11.0. The summed E-state index contributed by atoms with van der Waals surface area (Å²) in [5.74, 6) is -4.63. The van der Waals surface area contributed by atoms with Crippen molar-refractivity contribution in [1.82, 2.24) is 4.98 Å². The summed E-state index contributed by atoms with van der Waals surface area (Å²) in [4.78, 5) is 26.3. The molecule has 2 N–H and O–H groups in total. The van der Waals surface area contributed by atoms with Crippen LogP contribution < -0.4 is 5.32 Å². The fraction of sp³-hybridized carbons (Fsp3) is 0. The van der Waals surface area contributed by atoms with Crippen molar-refractivity contribution in [2.75, 3.05) is 5.32 Å². The zero-order chi connectivity index (χ0) is 15.6. The Balaban J connectivity index is 2.33. The third-order valence-corrected chi connectivity index (χ3v) is 2.73. The molecule has 1 aromatic heterocycles. The predicted molar refractivity (Wildman–Crippen MR) is 70.5 cm³/mol. The molecule has 0 saturated heterocycles. The van der Waals surface area contributed by atoms with Crippen LogP contribution in [0.5, 0.6) is 0 Å². The Kier molecular flexibility index (Phi) is 4.13. The number of hydrogen-bond donors (Lipinski definition) is 2. The highest BCUT2D eigenvalue weighted by Gasteiger charge is 2.17. The van der Waals surface area contributed by atoms with E-state index in [1.807, 2.05) is 0 Å². The molecule has 1 heterocycles. The minimum absolute atomic E-state index is 0.0634. The van der Waals surface area contributed by atoms with E-state index in [1.54, 1.807) is 0 Å². The van der Waals surface area contributed by atoms with Crippen LogP contribution in [0.4, 0.5) is 14.5 Å². The number of aromatic nitrogens is 1. The lowest BCUT2D eigenvalue weighted by Gasteiger charge is -2.08. The molecule has 2 rings (SSSR count). The summed E-state index contributed by atoms with van der Waals surface area (Å²) in [6, 6.07) is 3.67. The quantitative estimate of drug-likeness (QED) is 0.854.